The van der Waals surface area contributed by atoms with Gasteiger partial charge in [-0.05, 0) is 47.7 Å². The normalized spacial score (nSPS) is 21.0. The smallest absolute Gasteiger partial charge is 0.142 e. The highest BCUT2D eigenvalue weighted by Crippen LogP contribution is 2.40. The van der Waals surface area contributed by atoms with Gasteiger partial charge in [-0.3, -0.25) is 0 Å². The molecule has 0 amide bonds. The minimum atomic E-state index is -1.11. The van der Waals surface area contributed by atoms with E-state index in [1.807, 2.05) is 0 Å². The highest BCUT2D eigenvalue weighted by atomic mass is 35.5. The number of aryl methyl sites for hydroxylation is 1. The van der Waals surface area contributed by atoms with Gasteiger partial charge in [-0.15, -0.1) is 0 Å². The second-order valence-electron chi connectivity index (χ2n) is 5.22. The van der Waals surface area contributed by atoms with E-state index in [9.17, 15) is 13.9 Å². The first kappa shape index (κ1) is 13.5. The summed E-state index contributed by atoms with van der Waals surface area (Å²) in [6.07, 6.45) is 1.32. The van der Waals surface area contributed by atoms with Crippen LogP contribution in [0.25, 0.3) is 0 Å². The topological polar surface area (TPSA) is 20.2 Å². The lowest BCUT2D eigenvalue weighted by Crippen LogP contribution is -2.25. The van der Waals surface area contributed by atoms with Gasteiger partial charge in [-0.25, -0.2) is 8.78 Å². The molecule has 0 saturated heterocycles. The van der Waals surface area contributed by atoms with Crippen LogP contribution in [-0.4, -0.2) is 5.11 Å². The van der Waals surface area contributed by atoms with Crippen LogP contribution in [-0.2, 0) is 18.4 Å². The van der Waals surface area contributed by atoms with Crippen molar-refractivity contribution in [1.29, 1.82) is 0 Å². The summed E-state index contributed by atoms with van der Waals surface area (Å²) in [6.45, 7) is 0. The summed E-state index contributed by atoms with van der Waals surface area (Å²) in [5.41, 5.74) is 0.964. The largest absolute Gasteiger partial charge is 0.385 e. The minimum Gasteiger partial charge on any atom is -0.385 e. The third kappa shape index (κ3) is 2.21. The molecular formula is C16H13ClF2O. The average Bonchev–Trinajstić information content (AvgIpc) is 2.72. The molecular weight excluding hydrogens is 282 g/mol. The SMILES string of the molecule is OC1(Cc2cccc(F)c2Cl)CCc2cc(F)ccc21. The molecule has 2 aromatic carbocycles. The van der Waals surface area contributed by atoms with Gasteiger partial charge >= 0.3 is 0 Å². The van der Waals surface area contributed by atoms with Crippen LogP contribution in [0.5, 0.6) is 0 Å². The Labute approximate surface area is 120 Å². The van der Waals surface area contributed by atoms with Crippen molar-refractivity contribution in [3.05, 3.63) is 69.7 Å². The Morgan fingerprint density at radius 1 is 1.20 bits per heavy atom. The molecule has 0 aromatic heterocycles. The van der Waals surface area contributed by atoms with E-state index in [2.05, 4.69) is 0 Å². The highest BCUT2D eigenvalue weighted by Gasteiger charge is 2.37. The molecule has 0 spiro atoms. The fraction of sp³-hybridized carbons (Fsp3) is 0.250. The van der Waals surface area contributed by atoms with Crippen LogP contribution in [0.3, 0.4) is 0 Å². The summed E-state index contributed by atoms with van der Waals surface area (Å²) in [4.78, 5) is 0. The Morgan fingerprint density at radius 2 is 2.00 bits per heavy atom. The first-order valence-corrected chi connectivity index (χ1v) is 6.81. The molecule has 0 heterocycles. The fourth-order valence-corrected chi connectivity index (χ4v) is 3.08. The van der Waals surface area contributed by atoms with E-state index in [1.54, 1.807) is 18.2 Å². The zero-order valence-corrected chi connectivity index (χ0v) is 11.4. The Balaban J connectivity index is 1.98. The zero-order chi connectivity index (χ0) is 14.3. The van der Waals surface area contributed by atoms with E-state index >= 15 is 0 Å². The van der Waals surface area contributed by atoms with Gasteiger partial charge < -0.3 is 5.11 Å². The second-order valence-corrected chi connectivity index (χ2v) is 5.60. The lowest BCUT2D eigenvalue weighted by Gasteiger charge is -2.24. The van der Waals surface area contributed by atoms with Crippen LogP contribution in [0.4, 0.5) is 8.78 Å². The number of fused-ring (bicyclic) bond motifs is 1. The summed E-state index contributed by atoms with van der Waals surface area (Å²) in [7, 11) is 0. The van der Waals surface area contributed by atoms with Gasteiger partial charge in [0.05, 0.1) is 10.6 Å². The Hall–Kier alpha value is -1.45. The quantitative estimate of drug-likeness (QED) is 0.888. The first-order valence-electron chi connectivity index (χ1n) is 6.44. The molecule has 0 aliphatic heterocycles. The maximum absolute atomic E-state index is 13.5. The highest BCUT2D eigenvalue weighted by molar-refractivity contribution is 6.31. The number of benzene rings is 2. The van der Waals surface area contributed by atoms with Crippen molar-refractivity contribution in [3.63, 3.8) is 0 Å². The number of aliphatic hydroxyl groups is 1. The van der Waals surface area contributed by atoms with E-state index in [4.69, 9.17) is 11.6 Å². The first-order chi connectivity index (χ1) is 9.49. The van der Waals surface area contributed by atoms with E-state index in [1.165, 1.54) is 18.2 Å². The number of halogens is 3. The van der Waals surface area contributed by atoms with Gasteiger partial charge in [0.2, 0.25) is 0 Å². The maximum atomic E-state index is 13.5. The molecule has 1 aliphatic carbocycles. The molecule has 1 N–H and O–H groups in total. The van der Waals surface area contributed by atoms with Gasteiger partial charge in [-0.2, -0.15) is 0 Å². The van der Waals surface area contributed by atoms with Crippen LogP contribution in [0.2, 0.25) is 5.02 Å². The van der Waals surface area contributed by atoms with Crippen molar-refractivity contribution in [2.24, 2.45) is 0 Å². The van der Waals surface area contributed by atoms with Crippen molar-refractivity contribution >= 4 is 11.6 Å². The number of hydrogen-bond donors (Lipinski definition) is 1. The predicted octanol–water partition coefficient (Wildman–Crippen LogP) is 3.99. The van der Waals surface area contributed by atoms with E-state index in [-0.39, 0.29) is 17.3 Å². The Kier molecular flexibility index (Phi) is 3.27. The fourth-order valence-electron chi connectivity index (χ4n) is 2.88. The van der Waals surface area contributed by atoms with Crippen LogP contribution in [0.15, 0.2) is 36.4 Å². The number of hydrogen-bond acceptors (Lipinski definition) is 1. The van der Waals surface area contributed by atoms with Gasteiger partial charge in [0.25, 0.3) is 0 Å². The molecule has 1 unspecified atom stereocenters. The second kappa shape index (κ2) is 4.83. The third-order valence-corrected chi connectivity index (χ3v) is 4.31. The molecule has 1 aliphatic rings. The van der Waals surface area contributed by atoms with Crippen molar-refractivity contribution in [3.8, 4) is 0 Å². The van der Waals surface area contributed by atoms with Gasteiger partial charge in [-0.1, -0.05) is 29.8 Å². The Bertz CT molecular complexity index is 672. The van der Waals surface area contributed by atoms with Crippen LogP contribution < -0.4 is 0 Å². The van der Waals surface area contributed by atoms with Gasteiger partial charge in [0, 0.05) is 6.42 Å². The standard InChI is InChI=1S/C16H13ClF2O/c17-15-11(2-1-3-14(15)19)9-16(20)7-6-10-8-12(18)4-5-13(10)16/h1-5,8,20H,6-7,9H2. The summed E-state index contributed by atoms with van der Waals surface area (Å²) in [5.74, 6) is -0.804. The molecule has 4 heteroatoms. The van der Waals surface area contributed by atoms with Crippen LogP contribution >= 0.6 is 11.6 Å². The summed E-state index contributed by atoms with van der Waals surface area (Å²) in [5, 5.41) is 10.8. The predicted molar refractivity (Wildman–Crippen MR) is 73.7 cm³/mol. The third-order valence-electron chi connectivity index (χ3n) is 3.89. The lowest BCUT2D eigenvalue weighted by atomic mass is 9.88. The van der Waals surface area contributed by atoms with Gasteiger partial charge in [0.15, 0.2) is 0 Å². The Morgan fingerprint density at radius 3 is 2.80 bits per heavy atom. The van der Waals surface area contributed by atoms with Gasteiger partial charge in [0.1, 0.15) is 11.6 Å². The molecule has 1 nitrogen and oxygen atoms in total. The van der Waals surface area contributed by atoms with E-state index < -0.39 is 11.4 Å². The summed E-state index contributed by atoms with van der Waals surface area (Å²) < 4.78 is 26.7. The molecule has 3 rings (SSSR count). The van der Waals surface area contributed by atoms with Crippen LogP contribution in [0.1, 0.15) is 23.1 Å². The van der Waals surface area contributed by atoms with Crippen molar-refractivity contribution in [1.82, 2.24) is 0 Å². The summed E-state index contributed by atoms with van der Waals surface area (Å²) in [6, 6.07) is 8.94. The molecule has 20 heavy (non-hydrogen) atoms. The molecule has 0 saturated carbocycles. The van der Waals surface area contributed by atoms with Crippen molar-refractivity contribution in [2.75, 3.05) is 0 Å². The van der Waals surface area contributed by atoms with E-state index in [0.717, 1.165) is 5.56 Å². The zero-order valence-electron chi connectivity index (χ0n) is 10.7. The molecule has 0 radical (unpaired) electrons. The average molecular weight is 295 g/mol. The lowest BCUT2D eigenvalue weighted by molar-refractivity contribution is 0.0389. The monoisotopic (exact) mass is 294 g/mol. The molecule has 2 aromatic rings. The molecule has 1 atom stereocenters. The van der Waals surface area contributed by atoms with E-state index in [0.29, 0.717) is 24.0 Å². The van der Waals surface area contributed by atoms with Crippen molar-refractivity contribution in [2.45, 2.75) is 24.9 Å². The van der Waals surface area contributed by atoms with Crippen molar-refractivity contribution < 1.29 is 13.9 Å². The molecule has 0 bridgehead atoms. The maximum Gasteiger partial charge on any atom is 0.142 e. The molecule has 104 valence electrons. The molecule has 0 fully saturated rings. The number of rotatable bonds is 2. The minimum absolute atomic E-state index is 0.0384. The van der Waals surface area contributed by atoms with Crippen LogP contribution in [0, 0.1) is 11.6 Å². The summed E-state index contributed by atoms with van der Waals surface area (Å²) >= 11 is 5.94.